The Hall–Kier alpha value is -2.46. The number of hydrogen-bond donors (Lipinski definition) is 3. The third-order valence-corrected chi connectivity index (χ3v) is 6.97. The molecular formula is C23H30N2O6S. The summed E-state index contributed by atoms with van der Waals surface area (Å²) in [5, 5.41) is 12.6. The van der Waals surface area contributed by atoms with Crippen molar-refractivity contribution in [1.82, 2.24) is 10.0 Å². The van der Waals surface area contributed by atoms with Gasteiger partial charge in [0.05, 0.1) is 43.3 Å². The molecule has 1 fully saturated rings. The summed E-state index contributed by atoms with van der Waals surface area (Å²) in [7, 11) is -2.28. The number of benzene rings is 2. The summed E-state index contributed by atoms with van der Waals surface area (Å²) in [6.07, 6.45) is 0.793. The number of rotatable bonds is 10. The maximum Gasteiger partial charge on any atom is 0.240 e. The Labute approximate surface area is 189 Å². The molecule has 0 unspecified atom stereocenters. The van der Waals surface area contributed by atoms with E-state index in [4.69, 9.17) is 9.47 Å². The number of carbonyl (C=O) groups is 1. The van der Waals surface area contributed by atoms with E-state index in [0.717, 1.165) is 12.0 Å². The third kappa shape index (κ3) is 6.77. The Morgan fingerprint density at radius 1 is 1.12 bits per heavy atom. The molecule has 0 spiro atoms. The van der Waals surface area contributed by atoms with Crippen LogP contribution in [0.25, 0.3) is 0 Å². The van der Waals surface area contributed by atoms with Crippen molar-refractivity contribution in [2.75, 3.05) is 20.3 Å². The van der Waals surface area contributed by atoms with E-state index in [1.807, 2.05) is 30.3 Å². The second-order valence-electron chi connectivity index (χ2n) is 7.75. The highest BCUT2D eigenvalue weighted by molar-refractivity contribution is 7.89. The van der Waals surface area contributed by atoms with E-state index in [9.17, 15) is 18.3 Å². The quantitative estimate of drug-likeness (QED) is 0.495. The van der Waals surface area contributed by atoms with Gasteiger partial charge in [-0.15, -0.1) is 0 Å². The van der Waals surface area contributed by atoms with E-state index in [-0.39, 0.29) is 29.9 Å². The Bertz CT molecular complexity index is 966. The molecule has 0 aliphatic carbocycles. The standard InChI is InChI=1S/C23H30N2O6S/c1-30-18-7-10-20(11-8-18)32(28,29)25-21-12-9-19(31-22(21)16-26)15-23(27)24-14-13-17-5-3-2-4-6-17/h2-8,10-11,19,21-22,25-26H,9,12-16H2,1H3,(H,24,27)/t19-,21-,22-/m1/s1. The molecule has 9 heteroatoms. The molecule has 3 rings (SSSR count). The van der Waals surface area contributed by atoms with Gasteiger partial charge in [-0.3, -0.25) is 4.79 Å². The van der Waals surface area contributed by atoms with Gasteiger partial charge in [-0.25, -0.2) is 13.1 Å². The third-order valence-electron chi connectivity index (χ3n) is 5.46. The summed E-state index contributed by atoms with van der Waals surface area (Å²) in [4.78, 5) is 12.4. The van der Waals surface area contributed by atoms with Crippen LogP contribution < -0.4 is 14.8 Å². The molecular weight excluding hydrogens is 432 g/mol. The van der Waals surface area contributed by atoms with Gasteiger partial charge in [-0.05, 0) is 49.1 Å². The van der Waals surface area contributed by atoms with E-state index in [2.05, 4.69) is 10.0 Å². The smallest absolute Gasteiger partial charge is 0.240 e. The number of ether oxygens (including phenoxy) is 2. The van der Waals surface area contributed by atoms with Crippen molar-refractivity contribution in [3.63, 3.8) is 0 Å². The van der Waals surface area contributed by atoms with Crippen molar-refractivity contribution in [3.05, 3.63) is 60.2 Å². The van der Waals surface area contributed by atoms with E-state index in [1.54, 1.807) is 12.1 Å². The van der Waals surface area contributed by atoms with Crippen LogP contribution in [0.15, 0.2) is 59.5 Å². The fourth-order valence-electron chi connectivity index (χ4n) is 3.71. The van der Waals surface area contributed by atoms with Gasteiger partial charge in [0.25, 0.3) is 0 Å². The molecule has 174 valence electrons. The second-order valence-corrected chi connectivity index (χ2v) is 9.46. The predicted molar refractivity (Wildman–Crippen MR) is 120 cm³/mol. The lowest BCUT2D eigenvalue weighted by Gasteiger charge is -2.35. The Kier molecular flexibility index (Phi) is 8.63. The zero-order valence-electron chi connectivity index (χ0n) is 18.1. The van der Waals surface area contributed by atoms with Gasteiger partial charge in [-0.2, -0.15) is 0 Å². The average molecular weight is 463 g/mol. The van der Waals surface area contributed by atoms with Crippen LogP contribution in [0.4, 0.5) is 0 Å². The molecule has 1 heterocycles. The first-order chi connectivity index (χ1) is 15.4. The Morgan fingerprint density at radius 2 is 1.84 bits per heavy atom. The molecule has 2 aromatic rings. The minimum absolute atomic E-state index is 0.106. The van der Waals surface area contributed by atoms with Gasteiger partial charge in [0.2, 0.25) is 15.9 Å². The summed E-state index contributed by atoms with van der Waals surface area (Å²) in [5.74, 6) is 0.433. The fraction of sp³-hybridized carbons (Fsp3) is 0.435. The van der Waals surface area contributed by atoms with Crippen molar-refractivity contribution in [2.45, 2.75) is 48.8 Å². The lowest BCUT2D eigenvalue weighted by Crippen LogP contribution is -2.51. The van der Waals surface area contributed by atoms with Crippen LogP contribution in [0, 0.1) is 0 Å². The average Bonchev–Trinajstić information content (AvgIpc) is 2.80. The van der Waals surface area contributed by atoms with Crippen molar-refractivity contribution < 1.29 is 27.8 Å². The van der Waals surface area contributed by atoms with Gasteiger partial charge < -0.3 is 19.9 Å². The van der Waals surface area contributed by atoms with Crippen LogP contribution in [-0.2, 0) is 26.0 Å². The maximum atomic E-state index is 12.7. The van der Waals surface area contributed by atoms with Gasteiger partial charge >= 0.3 is 0 Å². The largest absolute Gasteiger partial charge is 0.497 e. The number of sulfonamides is 1. The fourth-order valence-corrected chi connectivity index (χ4v) is 5.01. The van der Waals surface area contributed by atoms with Gasteiger partial charge in [0, 0.05) is 6.54 Å². The zero-order valence-corrected chi connectivity index (χ0v) is 18.9. The van der Waals surface area contributed by atoms with E-state index in [1.165, 1.54) is 19.2 Å². The number of aliphatic hydroxyl groups excluding tert-OH is 1. The van der Waals surface area contributed by atoms with Crippen LogP contribution >= 0.6 is 0 Å². The van der Waals surface area contributed by atoms with Crippen molar-refractivity contribution >= 4 is 15.9 Å². The summed E-state index contributed by atoms with van der Waals surface area (Å²) in [6.45, 7) is 0.186. The molecule has 1 aliphatic rings. The number of carbonyl (C=O) groups excluding carboxylic acids is 1. The molecule has 1 aliphatic heterocycles. The minimum Gasteiger partial charge on any atom is -0.497 e. The lowest BCUT2D eigenvalue weighted by molar-refractivity contribution is -0.130. The molecule has 1 saturated heterocycles. The molecule has 8 nitrogen and oxygen atoms in total. The first-order valence-electron chi connectivity index (χ1n) is 10.6. The SMILES string of the molecule is COc1ccc(S(=O)(=O)N[C@@H]2CC[C@H](CC(=O)NCCc3ccccc3)O[C@@H]2CO)cc1. The highest BCUT2D eigenvalue weighted by atomic mass is 32.2. The molecule has 0 bridgehead atoms. The molecule has 1 amide bonds. The van der Waals surface area contributed by atoms with E-state index >= 15 is 0 Å². The lowest BCUT2D eigenvalue weighted by atomic mass is 9.98. The van der Waals surface area contributed by atoms with Crippen molar-refractivity contribution in [1.29, 1.82) is 0 Å². The zero-order chi connectivity index (χ0) is 23.0. The molecule has 0 aromatic heterocycles. The number of amides is 1. The molecule has 3 atom stereocenters. The number of hydrogen-bond acceptors (Lipinski definition) is 6. The first kappa shape index (κ1) is 24.2. The van der Waals surface area contributed by atoms with Crippen LogP contribution in [0.1, 0.15) is 24.8 Å². The van der Waals surface area contributed by atoms with Crippen molar-refractivity contribution in [3.8, 4) is 5.75 Å². The summed E-state index contributed by atoms with van der Waals surface area (Å²) in [6, 6.07) is 15.4. The van der Waals surface area contributed by atoms with Crippen LogP contribution in [-0.4, -0.2) is 57.9 Å². The molecule has 0 saturated carbocycles. The van der Waals surface area contributed by atoms with Gasteiger partial charge in [0.1, 0.15) is 5.75 Å². The number of nitrogens with one attached hydrogen (secondary N) is 2. The molecule has 2 aromatic carbocycles. The highest BCUT2D eigenvalue weighted by Gasteiger charge is 2.34. The van der Waals surface area contributed by atoms with Crippen LogP contribution in [0.3, 0.4) is 0 Å². The minimum atomic E-state index is -3.78. The molecule has 32 heavy (non-hydrogen) atoms. The monoisotopic (exact) mass is 462 g/mol. The Morgan fingerprint density at radius 3 is 2.50 bits per heavy atom. The van der Waals surface area contributed by atoms with Crippen LogP contribution in [0.2, 0.25) is 0 Å². The Balaban J connectivity index is 1.48. The van der Waals surface area contributed by atoms with Crippen molar-refractivity contribution in [2.24, 2.45) is 0 Å². The highest BCUT2D eigenvalue weighted by Crippen LogP contribution is 2.24. The van der Waals surface area contributed by atoms with Gasteiger partial charge in [-0.1, -0.05) is 30.3 Å². The van der Waals surface area contributed by atoms with E-state index < -0.39 is 22.2 Å². The second kappa shape index (κ2) is 11.4. The first-order valence-corrected chi connectivity index (χ1v) is 12.1. The number of methoxy groups -OCH3 is 1. The summed E-state index contributed by atoms with van der Waals surface area (Å²) >= 11 is 0. The summed E-state index contributed by atoms with van der Waals surface area (Å²) in [5.41, 5.74) is 1.15. The van der Waals surface area contributed by atoms with Crippen LogP contribution in [0.5, 0.6) is 5.75 Å². The van der Waals surface area contributed by atoms with Gasteiger partial charge in [0.15, 0.2) is 0 Å². The summed E-state index contributed by atoms with van der Waals surface area (Å²) < 4.78 is 38.9. The maximum absolute atomic E-state index is 12.7. The topological polar surface area (TPSA) is 114 Å². The molecule has 3 N–H and O–H groups in total. The normalized spacial score (nSPS) is 21.1. The van der Waals surface area contributed by atoms with E-state index in [0.29, 0.717) is 25.1 Å². The number of aliphatic hydroxyl groups is 1. The predicted octanol–water partition coefficient (Wildman–Crippen LogP) is 1.63. The molecule has 0 radical (unpaired) electrons.